The smallest absolute Gasteiger partial charge is 0.306 e. The fourth-order valence-corrected chi connectivity index (χ4v) is 10.6. The molecule has 0 aliphatic carbocycles. The first-order valence-corrected chi connectivity index (χ1v) is 33.5. The predicted octanol–water partition coefficient (Wildman–Crippen LogP) is 22.7. The number of carbonyl (C=O) groups excluding carboxylic acids is 3. The Morgan fingerprint density at radius 1 is 0.219 bits per heavy atom. The zero-order valence-electron chi connectivity index (χ0n) is 50.0. The van der Waals surface area contributed by atoms with Gasteiger partial charge in [-0.1, -0.05) is 355 Å². The van der Waals surface area contributed by atoms with E-state index in [1.54, 1.807) is 0 Å². The summed E-state index contributed by atoms with van der Waals surface area (Å²) in [6.45, 7) is 6.74. The van der Waals surface area contributed by atoms with Crippen LogP contribution in [0.25, 0.3) is 0 Å². The average molecular weight is 1030 g/mol. The van der Waals surface area contributed by atoms with Crippen molar-refractivity contribution in [3.8, 4) is 0 Å². The summed E-state index contributed by atoms with van der Waals surface area (Å²) in [6.07, 6.45) is 72.6. The third-order valence-corrected chi connectivity index (χ3v) is 15.6. The van der Waals surface area contributed by atoms with E-state index in [0.29, 0.717) is 19.3 Å². The van der Waals surface area contributed by atoms with Crippen LogP contribution in [0.4, 0.5) is 0 Å². The van der Waals surface area contributed by atoms with E-state index >= 15 is 0 Å². The molecule has 0 aromatic rings. The lowest BCUT2D eigenvalue weighted by Crippen LogP contribution is -2.30. The van der Waals surface area contributed by atoms with E-state index < -0.39 is 6.10 Å². The second-order valence-electron chi connectivity index (χ2n) is 23.1. The Morgan fingerprint density at radius 3 is 0.548 bits per heavy atom. The van der Waals surface area contributed by atoms with Crippen molar-refractivity contribution < 1.29 is 28.6 Å². The van der Waals surface area contributed by atoms with Crippen LogP contribution >= 0.6 is 0 Å². The van der Waals surface area contributed by atoms with Gasteiger partial charge in [-0.25, -0.2) is 0 Å². The summed E-state index contributed by atoms with van der Waals surface area (Å²) in [4.78, 5) is 38.3. The summed E-state index contributed by atoms with van der Waals surface area (Å²) in [7, 11) is 0. The third-order valence-electron chi connectivity index (χ3n) is 15.6. The van der Waals surface area contributed by atoms with Gasteiger partial charge in [0.2, 0.25) is 0 Å². The number of esters is 3. The number of hydrogen-bond donors (Lipinski definition) is 0. The van der Waals surface area contributed by atoms with E-state index in [2.05, 4.69) is 20.8 Å². The summed E-state index contributed by atoms with van der Waals surface area (Å²) in [5, 5.41) is 0. The highest BCUT2D eigenvalue weighted by Crippen LogP contribution is 2.19. The average Bonchev–Trinajstić information content (AvgIpc) is 3.39. The molecule has 0 fully saturated rings. The van der Waals surface area contributed by atoms with Crippen molar-refractivity contribution in [1.82, 2.24) is 0 Å². The Kier molecular flexibility index (Phi) is 61.6. The van der Waals surface area contributed by atoms with Gasteiger partial charge >= 0.3 is 17.9 Å². The van der Waals surface area contributed by atoms with Gasteiger partial charge in [-0.2, -0.15) is 0 Å². The first-order valence-electron chi connectivity index (χ1n) is 33.5. The zero-order valence-corrected chi connectivity index (χ0v) is 50.0. The van der Waals surface area contributed by atoms with Crippen LogP contribution in [0.1, 0.15) is 393 Å². The topological polar surface area (TPSA) is 78.9 Å². The van der Waals surface area contributed by atoms with Crippen LogP contribution in [0, 0.1) is 0 Å². The minimum absolute atomic E-state index is 0.0603. The van der Waals surface area contributed by atoms with Gasteiger partial charge in [-0.05, 0) is 19.3 Å². The van der Waals surface area contributed by atoms with Crippen molar-refractivity contribution in [1.29, 1.82) is 0 Å². The second-order valence-corrected chi connectivity index (χ2v) is 23.1. The number of rotatable bonds is 63. The molecule has 0 saturated carbocycles. The molecule has 0 bridgehead atoms. The molecule has 73 heavy (non-hydrogen) atoms. The van der Waals surface area contributed by atoms with Crippen LogP contribution in [-0.4, -0.2) is 37.2 Å². The number of carbonyl (C=O) groups is 3. The Bertz CT molecular complexity index is 1090. The van der Waals surface area contributed by atoms with Crippen molar-refractivity contribution in [2.75, 3.05) is 13.2 Å². The van der Waals surface area contributed by atoms with Crippen molar-refractivity contribution >= 4 is 17.9 Å². The summed E-state index contributed by atoms with van der Waals surface area (Å²) < 4.78 is 17.0. The summed E-state index contributed by atoms with van der Waals surface area (Å²) >= 11 is 0. The molecular formula is C67H130O6. The highest BCUT2D eigenvalue weighted by molar-refractivity contribution is 5.71. The molecule has 434 valence electrons. The van der Waals surface area contributed by atoms with Gasteiger partial charge < -0.3 is 14.2 Å². The maximum absolute atomic E-state index is 12.9. The Balaban J connectivity index is 4.23. The molecule has 0 aromatic carbocycles. The highest BCUT2D eigenvalue weighted by Gasteiger charge is 2.19. The lowest BCUT2D eigenvalue weighted by Gasteiger charge is -2.18. The molecule has 6 nitrogen and oxygen atoms in total. The number of unbranched alkanes of at least 4 members (excludes halogenated alkanes) is 52. The Hall–Kier alpha value is -1.59. The molecule has 0 aliphatic heterocycles. The second kappa shape index (κ2) is 62.9. The van der Waals surface area contributed by atoms with Crippen molar-refractivity contribution in [3.05, 3.63) is 0 Å². The van der Waals surface area contributed by atoms with E-state index in [1.807, 2.05) is 0 Å². The molecule has 0 saturated heterocycles. The molecule has 0 heterocycles. The first-order chi connectivity index (χ1) is 36.0. The molecular weight excluding hydrogens is 901 g/mol. The molecule has 0 radical (unpaired) electrons. The standard InChI is InChI=1S/C67H130O6/c1-4-7-10-13-16-19-22-25-28-30-32-33-34-36-37-39-42-45-48-51-54-57-60-66(69)72-63-64(62-71-65(68)59-56-53-50-47-44-41-27-24-21-18-15-12-9-6-3)73-67(70)61-58-55-52-49-46-43-40-38-35-31-29-26-23-20-17-14-11-8-5-2/h64H,4-63H2,1-3H3. The minimum atomic E-state index is -0.762. The van der Waals surface area contributed by atoms with Gasteiger partial charge in [0.05, 0.1) is 0 Å². The van der Waals surface area contributed by atoms with Gasteiger partial charge in [-0.3, -0.25) is 14.4 Å². The molecule has 0 aliphatic rings. The molecule has 0 aromatic heterocycles. The van der Waals surface area contributed by atoms with E-state index in [4.69, 9.17) is 14.2 Å². The minimum Gasteiger partial charge on any atom is -0.462 e. The van der Waals surface area contributed by atoms with Gasteiger partial charge in [0.15, 0.2) is 6.10 Å². The van der Waals surface area contributed by atoms with Crippen molar-refractivity contribution in [2.45, 2.75) is 399 Å². The lowest BCUT2D eigenvalue weighted by atomic mass is 10.0. The van der Waals surface area contributed by atoms with E-state index in [9.17, 15) is 14.4 Å². The van der Waals surface area contributed by atoms with Crippen LogP contribution < -0.4 is 0 Å². The number of ether oxygens (including phenoxy) is 3. The maximum Gasteiger partial charge on any atom is 0.306 e. The third kappa shape index (κ3) is 61.1. The quantitative estimate of drug-likeness (QED) is 0.0343. The molecule has 0 amide bonds. The largest absolute Gasteiger partial charge is 0.462 e. The molecule has 0 N–H and O–H groups in total. The first kappa shape index (κ1) is 71.4. The predicted molar refractivity (Wildman–Crippen MR) is 317 cm³/mol. The maximum atomic E-state index is 12.9. The fourth-order valence-electron chi connectivity index (χ4n) is 10.6. The summed E-state index contributed by atoms with van der Waals surface area (Å²) in [5.74, 6) is -0.822. The zero-order chi connectivity index (χ0) is 52.9. The van der Waals surface area contributed by atoms with E-state index in [0.717, 1.165) is 57.8 Å². The fraction of sp³-hybridized carbons (Fsp3) is 0.955. The SMILES string of the molecule is CCCCCCCCCCCCCCCCCCCCCCCCC(=O)OCC(COC(=O)CCCCCCCCCCCCCCCC)OC(=O)CCCCCCCCCCCCCCCCCCCCC. The molecule has 0 spiro atoms. The molecule has 1 atom stereocenters. The van der Waals surface area contributed by atoms with Crippen molar-refractivity contribution in [3.63, 3.8) is 0 Å². The number of hydrogen-bond acceptors (Lipinski definition) is 6. The van der Waals surface area contributed by atoms with Gasteiger partial charge in [0.25, 0.3) is 0 Å². The lowest BCUT2D eigenvalue weighted by molar-refractivity contribution is -0.167. The highest BCUT2D eigenvalue weighted by atomic mass is 16.6. The summed E-state index contributed by atoms with van der Waals surface area (Å²) in [5.41, 5.74) is 0. The van der Waals surface area contributed by atoms with Crippen LogP contribution in [0.3, 0.4) is 0 Å². The molecule has 0 rings (SSSR count). The monoisotopic (exact) mass is 1030 g/mol. The van der Waals surface area contributed by atoms with Crippen LogP contribution in [0.2, 0.25) is 0 Å². The van der Waals surface area contributed by atoms with Gasteiger partial charge in [0, 0.05) is 19.3 Å². The normalized spacial score (nSPS) is 11.9. The Labute approximate surface area is 457 Å². The van der Waals surface area contributed by atoms with Crippen LogP contribution in [-0.2, 0) is 28.6 Å². The Morgan fingerprint density at radius 2 is 0.370 bits per heavy atom. The van der Waals surface area contributed by atoms with E-state index in [-0.39, 0.29) is 31.1 Å². The van der Waals surface area contributed by atoms with Crippen LogP contribution in [0.15, 0.2) is 0 Å². The van der Waals surface area contributed by atoms with E-state index in [1.165, 1.54) is 295 Å². The molecule has 1 unspecified atom stereocenters. The molecule has 6 heteroatoms. The van der Waals surface area contributed by atoms with Gasteiger partial charge in [0.1, 0.15) is 13.2 Å². The summed E-state index contributed by atoms with van der Waals surface area (Å²) in [6, 6.07) is 0. The van der Waals surface area contributed by atoms with Gasteiger partial charge in [-0.15, -0.1) is 0 Å². The van der Waals surface area contributed by atoms with Crippen molar-refractivity contribution in [2.24, 2.45) is 0 Å². The van der Waals surface area contributed by atoms with Crippen LogP contribution in [0.5, 0.6) is 0 Å².